The van der Waals surface area contributed by atoms with E-state index in [1.165, 1.54) is 0 Å². The summed E-state index contributed by atoms with van der Waals surface area (Å²) in [7, 11) is 0. The Kier molecular flexibility index (Phi) is 5.38. The number of rotatable bonds is 7. The molecule has 1 fully saturated rings. The number of ketones is 1. The Morgan fingerprint density at radius 2 is 1.67 bits per heavy atom. The van der Waals surface area contributed by atoms with Crippen molar-refractivity contribution < 1.29 is 14.3 Å². The first-order valence-corrected chi connectivity index (χ1v) is 11.0. The monoisotopic (exact) mass is 440 g/mol. The van der Waals surface area contributed by atoms with Crippen LogP contribution in [0.5, 0.6) is 0 Å². The van der Waals surface area contributed by atoms with E-state index >= 15 is 0 Å². The first-order chi connectivity index (χ1) is 16.0. The first kappa shape index (κ1) is 20.9. The van der Waals surface area contributed by atoms with E-state index in [1.54, 1.807) is 4.68 Å². The number of benzene rings is 2. The van der Waals surface area contributed by atoms with E-state index < -0.39 is 5.97 Å². The van der Waals surface area contributed by atoms with Gasteiger partial charge in [-0.1, -0.05) is 48.5 Å². The molecule has 0 aliphatic heterocycles. The fraction of sp³-hybridized carbons (Fsp3) is 0.231. The molecule has 0 spiro atoms. The van der Waals surface area contributed by atoms with Gasteiger partial charge in [-0.3, -0.25) is 4.79 Å². The molecule has 1 aliphatic carbocycles. The predicted octanol–water partition coefficient (Wildman–Crippen LogP) is 4.73. The average molecular weight is 441 g/mol. The molecule has 0 atom stereocenters. The van der Waals surface area contributed by atoms with E-state index in [0.717, 1.165) is 35.5 Å². The van der Waals surface area contributed by atoms with Gasteiger partial charge in [0.2, 0.25) is 5.78 Å². The smallest absolute Gasteiger partial charge is 0.378 e. The Bertz CT molecular complexity index is 1260. The van der Waals surface area contributed by atoms with Crippen molar-refractivity contribution >= 4 is 11.8 Å². The zero-order valence-electron chi connectivity index (χ0n) is 18.6. The number of esters is 1. The molecule has 0 bridgehead atoms. The lowest BCUT2D eigenvalue weighted by molar-refractivity contribution is 0.0462. The highest BCUT2D eigenvalue weighted by Crippen LogP contribution is 2.38. The Morgan fingerprint density at radius 1 is 1.00 bits per heavy atom. The van der Waals surface area contributed by atoms with Crippen LogP contribution < -0.4 is 0 Å². The molecule has 2 heterocycles. The maximum atomic E-state index is 12.8. The number of para-hydroxylation sites is 1. The Hall–Kier alpha value is -4.00. The van der Waals surface area contributed by atoms with E-state index in [9.17, 15) is 9.59 Å². The minimum atomic E-state index is -0.730. The summed E-state index contributed by atoms with van der Waals surface area (Å²) >= 11 is 0. The topological polar surface area (TPSA) is 79.0 Å². The molecular weight excluding hydrogens is 416 g/mol. The van der Waals surface area contributed by atoms with Crippen molar-refractivity contribution in [1.82, 2.24) is 19.3 Å². The summed E-state index contributed by atoms with van der Waals surface area (Å²) in [6.07, 6.45) is 2.27. The van der Waals surface area contributed by atoms with Crippen LogP contribution in [0.15, 0.2) is 66.7 Å². The summed E-state index contributed by atoms with van der Waals surface area (Å²) in [4.78, 5) is 30.0. The van der Waals surface area contributed by atoms with Crippen LogP contribution in [-0.4, -0.2) is 37.7 Å². The second-order valence-electron chi connectivity index (χ2n) is 8.26. The van der Waals surface area contributed by atoms with Crippen LogP contribution in [0, 0.1) is 13.8 Å². The number of Topliss-reactive ketones (excluding diaryl/α,β-unsaturated/α-hetero) is 1. The lowest BCUT2D eigenvalue weighted by Crippen LogP contribution is -2.16. The van der Waals surface area contributed by atoms with Gasteiger partial charge in [0.25, 0.3) is 5.82 Å². The molecule has 166 valence electrons. The van der Waals surface area contributed by atoms with Gasteiger partial charge in [0.1, 0.15) is 0 Å². The summed E-state index contributed by atoms with van der Waals surface area (Å²) in [6.45, 7) is 3.59. The summed E-state index contributed by atoms with van der Waals surface area (Å²) in [5, 5.41) is 4.39. The van der Waals surface area contributed by atoms with Crippen molar-refractivity contribution in [2.75, 3.05) is 6.61 Å². The highest BCUT2D eigenvalue weighted by Gasteiger charge is 2.29. The Morgan fingerprint density at radius 3 is 2.33 bits per heavy atom. The molecule has 33 heavy (non-hydrogen) atoms. The Labute approximate surface area is 191 Å². The van der Waals surface area contributed by atoms with Crippen LogP contribution in [0.1, 0.15) is 51.2 Å². The van der Waals surface area contributed by atoms with E-state index in [4.69, 9.17) is 4.74 Å². The highest BCUT2D eigenvalue weighted by atomic mass is 16.5. The summed E-state index contributed by atoms with van der Waals surface area (Å²) < 4.78 is 9.14. The van der Waals surface area contributed by atoms with Crippen molar-refractivity contribution in [2.45, 2.75) is 32.7 Å². The quantitative estimate of drug-likeness (QED) is 0.307. The first-order valence-electron chi connectivity index (χ1n) is 11.0. The van der Waals surface area contributed by atoms with Gasteiger partial charge in [-0.05, 0) is 44.9 Å². The standard InChI is InChI=1S/C26H24N4O3/c1-17-15-22(18(2)29(17)20-13-14-20)23(31)16-33-26(32)24-27-25(19-9-5-3-6-10-19)30(28-24)21-11-7-4-8-12-21/h3-12,15,20H,13-14,16H2,1-2H3. The molecule has 0 N–H and O–H groups in total. The van der Waals surface area contributed by atoms with Gasteiger partial charge < -0.3 is 9.30 Å². The van der Waals surface area contributed by atoms with E-state index in [1.807, 2.05) is 80.6 Å². The summed E-state index contributed by atoms with van der Waals surface area (Å²) in [5.41, 5.74) is 4.16. The Balaban J connectivity index is 1.37. The van der Waals surface area contributed by atoms with Gasteiger partial charge in [-0.25, -0.2) is 14.5 Å². The van der Waals surface area contributed by atoms with Crippen LogP contribution in [-0.2, 0) is 4.74 Å². The molecule has 0 saturated heterocycles. The van der Waals surface area contributed by atoms with Gasteiger partial charge >= 0.3 is 5.97 Å². The second kappa shape index (κ2) is 8.50. The van der Waals surface area contributed by atoms with E-state index in [2.05, 4.69) is 14.6 Å². The van der Waals surface area contributed by atoms with Gasteiger partial charge in [0.15, 0.2) is 12.4 Å². The highest BCUT2D eigenvalue weighted by molar-refractivity contribution is 6.00. The number of hydrogen-bond donors (Lipinski definition) is 0. The maximum absolute atomic E-state index is 12.8. The minimum absolute atomic E-state index is 0.0889. The van der Waals surface area contributed by atoms with E-state index in [-0.39, 0.29) is 18.2 Å². The molecule has 7 nitrogen and oxygen atoms in total. The van der Waals surface area contributed by atoms with Gasteiger partial charge in [0, 0.05) is 28.6 Å². The minimum Gasteiger partial charge on any atom is -0.451 e. The molecule has 0 radical (unpaired) electrons. The third-order valence-corrected chi connectivity index (χ3v) is 5.85. The van der Waals surface area contributed by atoms with Crippen molar-refractivity contribution in [3.8, 4) is 17.1 Å². The van der Waals surface area contributed by atoms with Gasteiger partial charge in [-0.2, -0.15) is 0 Å². The number of ether oxygens (including phenoxy) is 1. The van der Waals surface area contributed by atoms with Crippen LogP contribution in [0.3, 0.4) is 0 Å². The molecule has 1 aliphatic rings. The molecule has 2 aromatic heterocycles. The molecular formula is C26H24N4O3. The fourth-order valence-corrected chi connectivity index (χ4v) is 4.15. The summed E-state index contributed by atoms with van der Waals surface area (Å²) in [5.74, 6) is -0.526. The number of carbonyl (C=O) groups is 2. The lowest BCUT2D eigenvalue weighted by atomic mass is 10.1. The number of hydrogen-bond acceptors (Lipinski definition) is 5. The molecule has 2 aromatic carbocycles. The summed E-state index contributed by atoms with van der Waals surface area (Å²) in [6, 6.07) is 21.3. The van der Waals surface area contributed by atoms with E-state index in [0.29, 0.717) is 17.4 Å². The lowest BCUT2D eigenvalue weighted by Gasteiger charge is -2.07. The van der Waals surface area contributed by atoms with Crippen LogP contribution in [0.4, 0.5) is 0 Å². The largest absolute Gasteiger partial charge is 0.451 e. The normalized spacial score (nSPS) is 13.2. The number of nitrogens with zero attached hydrogens (tertiary/aromatic N) is 4. The third kappa shape index (κ3) is 4.09. The predicted molar refractivity (Wildman–Crippen MR) is 124 cm³/mol. The van der Waals surface area contributed by atoms with Crippen LogP contribution in [0.2, 0.25) is 0 Å². The zero-order valence-corrected chi connectivity index (χ0v) is 18.6. The van der Waals surface area contributed by atoms with Crippen LogP contribution >= 0.6 is 0 Å². The number of carbonyl (C=O) groups excluding carboxylic acids is 2. The molecule has 7 heteroatoms. The third-order valence-electron chi connectivity index (χ3n) is 5.85. The van der Waals surface area contributed by atoms with Crippen molar-refractivity contribution in [1.29, 1.82) is 0 Å². The SMILES string of the molecule is Cc1cc(C(=O)COC(=O)c2nc(-c3ccccc3)n(-c3ccccc3)n2)c(C)n1C1CC1. The molecule has 0 unspecified atom stereocenters. The molecule has 4 aromatic rings. The number of aryl methyl sites for hydroxylation is 1. The van der Waals surface area contributed by atoms with Gasteiger partial charge in [0.05, 0.1) is 5.69 Å². The van der Waals surface area contributed by atoms with Crippen molar-refractivity contribution in [3.05, 3.63) is 89.5 Å². The van der Waals surface area contributed by atoms with Crippen LogP contribution in [0.25, 0.3) is 17.1 Å². The molecule has 1 saturated carbocycles. The average Bonchev–Trinajstić information content (AvgIpc) is 3.49. The maximum Gasteiger partial charge on any atom is 0.378 e. The zero-order chi connectivity index (χ0) is 22.9. The van der Waals surface area contributed by atoms with Crippen molar-refractivity contribution in [2.24, 2.45) is 0 Å². The fourth-order valence-electron chi connectivity index (χ4n) is 4.15. The molecule has 5 rings (SSSR count). The molecule has 0 amide bonds. The van der Waals surface area contributed by atoms with Crippen molar-refractivity contribution in [3.63, 3.8) is 0 Å². The van der Waals surface area contributed by atoms with Gasteiger partial charge in [-0.15, -0.1) is 5.10 Å². The second-order valence-corrected chi connectivity index (χ2v) is 8.26. The number of aromatic nitrogens is 4.